The van der Waals surface area contributed by atoms with E-state index < -0.39 is 5.60 Å². The fraction of sp³-hybridized carbons (Fsp3) is 0.632. The van der Waals surface area contributed by atoms with Crippen LogP contribution in [0.2, 0.25) is 0 Å². The summed E-state index contributed by atoms with van der Waals surface area (Å²) in [5.74, 6) is 0.838. The minimum atomic E-state index is -1.08. The number of hydrogen-bond donors (Lipinski definition) is 1. The molecule has 0 radical (unpaired) electrons. The number of carbonyl (C=O) groups excluding carboxylic acids is 1. The summed E-state index contributed by atoms with van der Waals surface area (Å²) in [5.41, 5.74) is 0.222. The third-order valence-corrected chi connectivity index (χ3v) is 5.36. The predicted molar refractivity (Wildman–Crippen MR) is 93.1 cm³/mol. The Balaban J connectivity index is 1.44. The fourth-order valence-corrected chi connectivity index (χ4v) is 3.72. The number of nitrogens with zero attached hydrogens (tertiary/aromatic N) is 2. The second kappa shape index (κ2) is 7.53. The molecule has 0 bridgehead atoms. The zero-order valence-electron chi connectivity index (χ0n) is 14.5. The number of methoxy groups -OCH3 is 1. The maximum atomic E-state index is 12.5. The molecule has 1 aliphatic carbocycles. The molecule has 1 N–H and O–H groups in total. The molecule has 1 aromatic carbocycles. The second-order valence-electron chi connectivity index (χ2n) is 6.97. The van der Waals surface area contributed by atoms with E-state index in [1.165, 1.54) is 5.56 Å². The van der Waals surface area contributed by atoms with Crippen molar-refractivity contribution in [2.75, 3.05) is 39.8 Å². The molecule has 2 fully saturated rings. The monoisotopic (exact) mass is 332 g/mol. The lowest BCUT2D eigenvalue weighted by molar-refractivity contribution is -0.152. The van der Waals surface area contributed by atoms with Crippen LogP contribution in [0, 0.1) is 0 Å². The van der Waals surface area contributed by atoms with Crippen LogP contribution >= 0.6 is 0 Å². The molecule has 0 spiro atoms. The summed E-state index contributed by atoms with van der Waals surface area (Å²) in [5, 5.41) is 10.5. The summed E-state index contributed by atoms with van der Waals surface area (Å²) in [6.45, 7) is 4.22. The van der Waals surface area contributed by atoms with Crippen LogP contribution in [-0.4, -0.2) is 66.2 Å². The maximum absolute atomic E-state index is 12.5. The molecule has 5 heteroatoms. The number of ether oxygens (including phenoxy) is 1. The number of hydrogen-bond acceptors (Lipinski definition) is 4. The largest absolute Gasteiger partial charge is 0.497 e. The highest BCUT2D eigenvalue weighted by molar-refractivity contribution is 5.85. The molecular weight excluding hydrogens is 304 g/mol. The first kappa shape index (κ1) is 17.2. The fourth-order valence-electron chi connectivity index (χ4n) is 3.72. The lowest BCUT2D eigenvalue weighted by Gasteiger charge is -2.38. The minimum absolute atomic E-state index is 0.0465. The second-order valence-corrected chi connectivity index (χ2v) is 6.97. The molecule has 1 aromatic rings. The highest BCUT2D eigenvalue weighted by Crippen LogP contribution is 2.31. The third kappa shape index (κ3) is 3.90. The van der Waals surface area contributed by atoms with E-state index in [1.54, 1.807) is 7.11 Å². The van der Waals surface area contributed by atoms with Gasteiger partial charge in [-0.15, -0.1) is 0 Å². The molecule has 0 unspecified atom stereocenters. The lowest BCUT2D eigenvalue weighted by atomic mass is 10.00. The van der Waals surface area contributed by atoms with Gasteiger partial charge >= 0.3 is 0 Å². The number of carbonyl (C=O) groups is 1. The molecule has 0 atom stereocenters. The Bertz CT molecular complexity index is 544. The average molecular weight is 332 g/mol. The Morgan fingerprint density at radius 2 is 1.75 bits per heavy atom. The van der Waals surface area contributed by atoms with Crippen molar-refractivity contribution < 1.29 is 14.6 Å². The summed E-state index contributed by atoms with van der Waals surface area (Å²) in [6.07, 6.45) is 4.18. The number of aliphatic hydroxyl groups is 1. The van der Waals surface area contributed by atoms with Gasteiger partial charge in [-0.2, -0.15) is 0 Å². The number of rotatable bonds is 5. The Hall–Kier alpha value is -1.59. The smallest absolute Gasteiger partial charge is 0.254 e. The van der Waals surface area contributed by atoms with E-state index in [0.29, 0.717) is 12.8 Å². The summed E-state index contributed by atoms with van der Waals surface area (Å²) in [4.78, 5) is 16.8. The van der Waals surface area contributed by atoms with Crippen molar-refractivity contribution in [3.05, 3.63) is 29.8 Å². The average Bonchev–Trinajstić information content (AvgIpc) is 3.08. The summed E-state index contributed by atoms with van der Waals surface area (Å²) < 4.78 is 5.18. The van der Waals surface area contributed by atoms with Gasteiger partial charge in [-0.3, -0.25) is 9.69 Å². The van der Waals surface area contributed by atoms with Crippen LogP contribution in [0.3, 0.4) is 0 Å². The highest BCUT2D eigenvalue weighted by Gasteiger charge is 2.42. The van der Waals surface area contributed by atoms with Gasteiger partial charge in [0, 0.05) is 32.7 Å². The molecule has 2 aliphatic rings. The van der Waals surface area contributed by atoms with Gasteiger partial charge in [0.1, 0.15) is 11.4 Å². The van der Waals surface area contributed by atoms with Gasteiger partial charge in [-0.1, -0.05) is 12.1 Å². The van der Waals surface area contributed by atoms with Crippen molar-refractivity contribution in [3.63, 3.8) is 0 Å². The van der Waals surface area contributed by atoms with Crippen LogP contribution in [0.25, 0.3) is 0 Å². The SMILES string of the molecule is COc1ccc(CCN2CCN(C(=O)C3(O)CCCC3)CC2)cc1. The first-order chi connectivity index (χ1) is 11.6. The molecule has 1 aliphatic heterocycles. The number of amides is 1. The van der Waals surface area contributed by atoms with E-state index in [4.69, 9.17) is 4.74 Å². The van der Waals surface area contributed by atoms with E-state index in [-0.39, 0.29) is 5.91 Å². The van der Waals surface area contributed by atoms with Crippen molar-refractivity contribution in [2.45, 2.75) is 37.7 Å². The standard InChI is InChI=1S/C19H28N2O3/c1-24-17-6-4-16(5-7-17)8-11-20-12-14-21(15-13-20)18(22)19(23)9-2-3-10-19/h4-7,23H,2-3,8-15H2,1H3. The molecule has 132 valence electrons. The van der Waals surface area contributed by atoms with Crippen LogP contribution in [-0.2, 0) is 11.2 Å². The van der Waals surface area contributed by atoms with Crippen LogP contribution in [0.15, 0.2) is 24.3 Å². The Morgan fingerprint density at radius 3 is 2.33 bits per heavy atom. The maximum Gasteiger partial charge on any atom is 0.254 e. The van der Waals surface area contributed by atoms with Gasteiger partial charge in [0.15, 0.2) is 0 Å². The molecule has 1 amide bonds. The molecule has 1 saturated carbocycles. The van der Waals surface area contributed by atoms with E-state index in [2.05, 4.69) is 17.0 Å². The number of benzene rings is 1. The van der Waals surface area contributed by atoms with Gasteiger partial charge < -0.3 is 14.7 Å². The van der Waals surface area contributed by atoms with Crippen molar-refractivity contribution in [1.82, 2.24) is 9.80 Å². The predicted octanol–water partition coefficient (Wildman–Crippen LogP) is 1.69. The third-order valence-electron chi connectivity index (χ3n) is 5.36. The van der Waals surface area contributed by atoms with E-state index in [9.17, 15) is 9.90 Å². The van der Waals surface area contributed by atoms with Crippen molar-refractivity contribution in [2.24, 2.45) is 0 Å². The summed E-state index contributed by atoms with van der Waals surface area (Å²) in [7, 11) is 1.68. The Labute approximate surface area is 144 Å². The van der Waals surface area contributed by atoms with Crippen molar-refractivity contribution in [3.8, 4) is 5.75 Å². The normalized spacial score (nSPS) is 21.0. The molecule has 24 heavy (non-hydrogen) atoms. The molecule has 0 aromatic heterocycles. The van der Waals surface area contributed by atoms with Crippen molar-refractivity contribution in [1.29, 1.82) is 0 Å². The minimum Gasteiger partial charge on any atom is -0.497 e. The Morgan fingerprint density at radius 1 is 1.12 bits per heavy atom. The van der Waals surface area contributed by atoms with Crippen LogP contribution < -0.4 is 4.74 Å². The van der Waals surface area contributed by atoms with Gasteiger partial charge in [0.05, 0.1) is 7.11 Å². The van der Waals surface area contributed by atoms with Crippen LogP contribution in [0.5, 0.6) is 5.75 Å². The summed E-state index contributed by atoms with van der Waals surface area (Å²) >= 11 is 0. The first-order valence-electron chi connectivity index (χ1n) is 8.98. The summed E-state index contributed by atoms with van der Waals surface area (Å²) in [6, 6.07) is 8.20. The van der Waals surface area contributed by atoms with Crippen LogP contribution in [0.1, 0.15) is 31.2 Å². The van der Waals surface area contributed by atoms with Crippen molar-refractivity contribution >= 4 is 5.91 Å². The molecular formula is C19H28N2O3. The first-order valence-corrected chi connectivity index (χ1v) is 8.98. The molecule has 3 rings (SSSR count). The van der Waals surface area contributed by atoms with Crippen LogP contribution in [0.4, 0.5) is 0 Å². The van der Waals surface area contributed by atoms with Gasteiger partial charge in [-0.25, -0.2) is 0 Å². The highest BCUT2D eigenvalue weighted by atomic mass is 16.5. The quantitative estimate of drug-likeness (QED) is 0.891. The molecule has 5 nitrogen and oxygen atoms in total. The van der Waals surface area contributed by atoms with Gasteiger partial charge in [-0.05, 0) is 49.8 Å². The number of piperazine rings is 1. The topological polar surface area (TPSA) is 53.0 Å². The molecule has 1 heterocycles. The zero-order chi connectivity index (χ0) is 17.0. The Kier molecular flexibility index (Phi) is 5.41. The van der Waals surface area contributed by atoms with Gasteiger partial charge in [0.25, 0.3) is 5.91 Å². The zero-order valence-corrected chi connectivity index (χ0v) is 14.5. The van der Waals surface area contributed by atoms with E-state index in [0.717, 1.165) is 57.7 Å². The lowest BCUT2D eigenvalue weighted by Crippen LogP contribution is -2.55. The molecule has 1 saturated heterocycles. The van der Waals surface area contributed by atoms with E-state index in [1.807, 2.05) is 17.0 Å². The van der Waals surface area contributed by atoms with E-state index >= 15 is 0 Å². The van der Waals surface area contributed by atoms with Gasteiger partial charge in [0.2, 0.25) is 0 Å².